The molecule has 1 aromatic carbocycles. The van der Waals surface area contributed by atoms with Gasteiger partial charge in [0.15, 0.2) is 5.75 Å². The Balaban J connectivity index is 2.12. The zero-order valence-electron chi connectivity index (χ0n) is 14.9. The van der Waals surface area contributed by atoms with E-state index in [0.29, 0.717) is 11.4 Å². The van der Waals surface area contributed by atoms with E-state index >= 15 is 0 Å². The van der Waals surface area contributed by atoms with Gasteiger partial charge < -0.3 is 4.74 Å². The summed E-state index contributed by atoms with van der Waals surface area (Å²) in [5, 5.41) is 2.12. The van der Waals surface area contributed by atoms with Crippen LogP contribution in [0.25, 0.3) is 0 Å². The van der Waals surface area contributed by atoms with Crippen LogP contribution in [0.5, 0.6) is 5.75 Å². The molecule has 0 spiro atoms. The monoisotopic (exact) mass is 453 g/mol. The second-order valence-corrected chi connectivity index (χ2v) is 7.40. The van der Waals surface area contributed by atoms with E-state index in [-0.39, 0.29) is 5.95 Å². The Morgan fingerprint density at radius 2 is 1.79 bits per heavy atom. The molecule has 0 saturated heterocycles. The van der Waals surface area contributed by atoms with Gasteiger partial charge >= 0.3 is 22.3 Å². The number of carbonyl (C=O) groups excluding carboxylic acids is 1. The molecular weight excluding hydrogens is 439 g/mol. The molecule has 158 valence electrons. The fraction of sp³-hybridized carbons (Fsp3) is 0.267. The van der Waals surface area contributed by atoms with Crippen molar-refractivity contribution in [1.29, 1.82) is 0 Å². The van der Waals surface area contributed by atoms with Crippen molar-refractivity contribution in [3.05, 3.63) is 41.7 Å². The molecule has 0 fully saturated rings. The van der Waals surface area contributed by atoms with Crippen LogP contribution in [-0.2, 0) is 10.2 Å². The fourth-order valence-electron chi connectivity index (χ4n) is 2.03. The van der Waals surface area contributed by atoms with Gasteiger partial charge in [-0.2, -0.15) is 17.2 Å². The molecule has 1 unspecified atom stereocenters. The molecule has 0 saturated carbocycles. The zero-order valence-corrected chi connectivity index (χ0v) is 16.5. The van der Waals surface area contributed by atoms with Crippen LogP contribution in [-0.4, -0.2) is 36.2 Å². The molecule has 9 nitrogen and oxygen atoms in total. The lowest BCUT2D eigenvalue weighted by Crippen LogP contribution is -2.39. The summed E-state index contributed by atoms with van der Waals surface area (Å²) in [7, 11) is -4.59. The van der Waals surface area contributed by atoms with Crippen molar-refractivity contribution in [1.82, 2.24) is 14.7 Å². The summed E-state index contributed by atoms with van der Waals surface area (Å²) in [5.41, 5.74) is -2.60. The van der Waals surface area contributed by atoms with Crippen molar-refractivity contribution >= 4 is 39.5 Å². The van der Waals surface area contributed by atoms with Crippen LogP contribution >= 0.6 is 11.6 Å². The molecular formula is C15H15ClF3N5O4S. The Morgan fingerprint density at radius 3 is 2.38 bits per heavy atom. The van der Waals surface area contributed by atoms with Crippen LogP contribution in [0.3, 0.4) is 0 Å². The van der Waals surface area contributed by atoms with Crippen LogP contribution in [0.2, 0.25) is 0 Å². The minimum absolute atomic E-state index is 0.144. The summed E-state index contributed by atoms with van der Waals surface area (Å²) in [6, 6.07) is 4.96. The van der Waals surface area contributed by atoms with Crippen LogP contribution in [0.15, 0.2) is 30.3 Å². The van der Waals surface area contributed by atoms with Gasteiger partial charge in [0, 0.05) is 11.4 Å². The van der Waals surface area contributed by atoms with Gasteiger partial charge in [0.1, 0.15) is 0 Å². The normalized spacial score (nSPS) is 12.8. The standard InChI is InChI=1S/C15H15ClF3N5O4S/c1-8-7-9(2)21-13(20-8)22-14(25)24-29(26,27)23-10-5-3-4-6-11(10)28-15(18,19)12(16)17/h3-7,12,23H,1-2H3,(H2,20,21,22,24,25). The lowest BCUT2D eigenvalue weighted by Gasteiger charge is -2.20. The minimum Gasteiger partial charge on any atom is -0.427 e. The quantitative estimate of drug-likeness (QED) is 0.554. The summed E-state index contributed by atoms with van der Waals surface area (Å²) in [6.45, 7) is 3.29. The molecule has 1 aromatic heterocycles. The first-order valence-electron chi connectivity index (χ1n) is 7.76. The predicted octanol–water partition coefficient (Wildman–Crippen LogP) is 3.08. The Labute approximate surface area is 168 Å². The number of benzene rings is 1. The SMILES string of the molecule is Cc1cc(C)nc(NC(=O)NS(=O)(=O)Nc2ccccc2OC(F)(F)C(F)Cl)n1. The number of aryl methyl sites for hydroxylation is 2. The van der Waals surface area contributed by atoms with E-state index in [1.165, 1.54) is 12.1 Å². The lowest BCUT2D eigenvalue weighted by molar-refractivity contribution is -0.198. The summed E-state index contributed by atoms with van der Waals surface area (Å²) in [4.78, 5) is 19.7. The molecule has 2 rings (SSSR count). The Morgan fingerprint density at radius 1 is 1.21 bits per heavy atom. The first-order valence-corrected chi connectivity index (χ1v) is 9.68. The van der Waals surface area contributed by atoms with Crippen molar-refractivity contribution in [2.45, 2.75) is 25.6 Å². The van der Waals surface area contributed by atoms with Gasteiger partial charge in [0.25, 0.3) is 5.63 Å². The molecule has 2 amide bonds. The Hall–Kier alpha value is -2.80. The van der Waals surface area contributed by atoms with Crippen molar-refractivity contribution < 1.29 is 31.1 Å². The molecule has 2 aromatic rings. The topological polar surface area (TPSA) is 122 Å². The van der Waals surface area contributed by atoms with Crippen LogP contribution in [0.1, 0.15) is 11.4 Å². The molecule has 1 heterocycles. The maximum Gasteiger partial charge on any atom is 0.444 e. The van der Waals surface area contributed by atoms with Crippen LogP contribution in [0, 0.1) is 13.8 Å². The smallest absolute Gasteiger partial charge is 0.427 e. The van der Waals surface area contributed by atoms with Gasteiger partial charge in [0.05, 0.1) is 5.69 Å². The zero-order chi connectivity index (χ0) is 21.8. The van der Waals surface area contributed by atoms with E-state index in [9.17, 15) is 26.4 Å². The number of para-hydroxylation sites is 2. The first-order chi connectivity index (χ1) is 13.4. The fourth-order valence-corrected chi connectivity index (χ4v) is 2.88. The number of aromatic nitrogens is 2. The number of nitrogens with one attached hydrogen (secondary N) is 3. The van der Waals surface area contributed by atoms with Crippen LogP contribution in [0.4, 0.5) is 29.6 Å². The highest BCUT2D eigenvalue weighted by Gasteiger charge is 2.42. The van der Waals surface area contributed by atoms with E-state index in [2.05, 4.69) is 20.0 Å². The number of halogens is 4. The number of alkyl halides is 4. The third-order valence-electron chi connectivity index (χ3n) is 3.07. The van der Waals surface area contributed by atoms with Gasteiger partial charge in [-0.3, -0.25) is 10.0 Å². The van der Waals surface area contributed by atoms with Crippen molar-refractivity contribution in [2.75, 3.05) is 10.0 Å². The predicted molar refractivity (Wildman–Crippen MR) is 99.0 cm³/mol. The molecule has 1 atom stereocenters. The second kappa shape index (κ2) is 8.69. The highest BCUT2D eigenvalue weighted by molar-refractivity contribution is 7.91. The maximum absolute atomic E-state index is 13.4. The highest BCUT2D eigenvalue weighted by Crippen LogP contribution is 2.33. The molecule has 29 heavy (non-hydrogen) atoms. The van der Waals surface area contributed by atoms with Gasteiger partial charge in [-0.1, -0.05) is 23.7 Å². The molecule has 14 heteroatoms. The molecule has 0 aliphatic carbocycles. The summed E-state index contributed by atoms with van der Waals surface area (Å²) >= 11 is 4.72. The lowest BCUT2D eigenvalue weighted by atomic mass is 10.3. The number of hydrogen-bond donors (Lipinski definition) is 3. The van der Waals surface area contributed by atoms with Crippen molar-refractivity contribution in [3.8, 4) is 5.75 Å². The molecule has 0 aliphatic heterocycles. The van der Waals surface area contributed by atoms with E-state index in [4.69, 9.17) is 11.6 Å². The van der Waals surface area contributed by atoms with Gasteiger partial charge in [-0.25, -0.2) is 23.9 Å². The van der Waals surface area contributed by atoms with E-state index in [1.54, 1.807) is 24.6 Å². The van der Waals surface area contributed by atoms with Gasteiger partial charge in [0.2, 0.25) is 5.95 Å². The number of carbonyl (C=O) groups is 1. The molecule has 3 N–H and O–H groups in total. The third kappa shape index (κ3) is 6.64. The molecule has 0 bridgehead atoms. The number of nitrogens with zero attached hydrogens (tertiary/aromatic N) is 2. The first kappa shape index (κ1) is 22.5. The van der Waals surface area contributed by atoms with E-state index < -0.39 is 39.4 Å². The largest absolute Gasteiger partial charge is 0.444 e. The van der Waals surface area contributed by atoms with Gasteiger partial charge in [-0.15, -0.1) is 0 Å². The van der Waals surface area contributed by atoms with Crippen LogP contribution < -0.4 is 19.5 Å². The van der Waals surface area contributed by atoms with Gasteiger partial charge in [-0.05, 0) is 32.0 Å². The Bertz CT molecular complexity index is 987. The molecule has 0 aliphatic rings. The van der Waals surface area contributed by atoms with E-state index in [1.807, 2.05) is 4.72 Å². The molecule has 0 radical (unpaired) electrons. The minimum atomic E-state index is -4.59. The Kier molecular flexibility index (Phi) is 6.74. The number of urea groups is 1. The van der Waals surface area contributed by atoms with Crippen molar-refractivity contribution in [3.63, 3.8) is 0 Å². The summed E-state index contributed by atoms with van der Waals surface area (Å²) < 4.78 is 71.3. The highest BCUT2D eigenvalue weighted by atomic mass is 35.5. The summed E-state index contributed by atoms with van der Waals surface area (Å²) in [6.07, 6.45) is -4.42. The van der Waals surface area contributed by atoms with Crippen molar-refractivity contribution in [2.24, 2.45) is 0 Å². The summed E-state index contributed by atoms with van der Waals surface area (Å²) in [5.74, 6) is -0.862. The number of ether oxygens (including phenoxy) is 1. The number of hydrogen-bond acceptors (Lipinski definition) is 6. The number of rotatable bonds is 7. The maximum atomic E-state index is 13.4. The average molecular weight is 454 g/mol. The third-order valence-corrected chi connectivity index (χ3v) is 4.26. The second-order valence-electron chi connectivity index (χ2n) is 5.60. The number of anilines is 2. The number of amides is 2. The van der Waals surface area contributed by atoms with E-state index in [0.717, 1.165) is 12.1 Å². The average Bonchev–Trinajstić information content (AvgIpc) is 2.54.